The first kappa shape index (κ1) is 27.8. The van der Waals surface area contributed by atoms with Crippen molar-refractivity contribution in [1.82, 2.24) is 5.32 Å². The number of ether oxygens (including phenoxy) is 2. The lowest BCUT2D eigenvalue weighted by Gasteiger charge is -2.26. The Morgan fingerprint density at radius 1 is 1.05 bits per heavy atom. The lowest BCUT2D eigenvalue weighted by molar-refractivity contribution is -0.384. The first-order valence-corrected chi connectivity index (χ1v) is 12.5. The Morgan fingerprint density at radius 2 is 1.80 bits per heavy atom. The molecule has 0 unspecified atom stereocenters. The fourth-order valence-corrected chi connectivity index (χ4v) is 4.17. The van der Waals surface area contributed by atoms with Crippen LogP contribution in [0.15, 0.2) is 78.9 Å². The molecule has 0 bridgehead atoms. The second kappa shape index (κ2) is 12.1. The molecule has 1 heterocycles. The van der Waals surface area contributed by atoms with Gasteiger partial charge in [-0.05, 0) is 61.7 Å². The Hall–Kier alpha value is -5.25. The van der Waals surface area contributed by atoms with Gasteiger partial charge in [-0.15, -0.1) is 6.58 Å². The van der Waals surface area contributed by atoms with Crippen molar-refractivity contribution in [2.45, 2.75) is 26.9 Å². The molecule has 0 saturated carbocycles. The van der Waals surface area contributed by atoms with E-state index in [1.54, 1.807) is 61.5 Å². The van der Waals surface area contributed by atoms with Gasteiger partial charge in [-0.3, -0.25) is 25.0 Å². The summed E-state index contributed by atoms with van der Waals surface area (Å²) >= 11 is 0. The normalized spacial score (nSPS) is 14.2. The highest BCUT2D eigenvalue weighted by Crippen LogP contribution is 2.36. The van der Waals surface area contributed by atoms with Crippen LogP contribution in [0.4, 0.5) is 16.2 Å². The maximum Gasteiger partial charge on any atom is 0.335 e. The molecule has 40 heavy (non-hydrogen) atoms. The number of carbonyl (C=O) groups excluding carboxylic acids is 3. The number of nitro groups is 1. The highest BCUT2D eigenvalue weighted by molar-refractivity contribution is 6.39. The Morgan fingerprint density at radius 3 is 2.48 bits per heavy atom. The van der Waals surface area contributed by atoms with E-state index in [9.17, 15) is 24.5 Å². The lowest BCUT2D eigenvalue weighted by Crippen LogP contribution is -2.54. The van der Waals surface area contributed by atoms with Gasteiger partial charge in [-0.25, -0.2) is 9.69 Å². The van der Waals surface area contributed by atoms with E-state index in [1.807, 2.05) is 6.92 Å². The molecule has 0 spiro atoms. The minimum absolute atomic E-state index is 0.0425. The number of benzene rings is 3. The van der Waals surface area contributed by atoms with Crippen molar-refractivity contribution >= 4 is 35.3 Å². The number of carbonyl (C=O) groups is 3. The molecular formula is C30H27N3O7. The molecule has 1 aliphatic heterocycles. The Bertz CT molecular complexity index is 1530. The number of amides is 4. The molecule has 0 aliphatic carbocycles. The summed E-state index contributed by atoms with van der Waals surface area (Å²) in [6.07, 6.45) is 3.43. The average Bonchev–Trinajstić information content (AvgIpc) is 2.92. The predicted octanol–water partition coefficient (Wildman–Crippen LogP) is 5.28. The van der Waals surface area contributed by atoms with Crippen molar-refractivity contribution < 1.29 is 28.8 Å². The van der Waals surface area contributed by atoms with Crippen molar-refractivity contribution in [2.75, 3.05) is 11.5 Å². The molecule has 4 amide bonds. The molecule has 1 aliphatic rings. The van der Waals surface area contributed by atoms with E-state index in [0.29, 0.717) is 46.9 Å². The van der Waals surface area contributed by atoms with Crippen molar-refractivity contribution in [3.8, 4) is 11.5 Å². The molecule has 10 nitrogen and oxygen atoms in total. The zero-order valence-corrected chi connectivity index (χ0v) is 22.0. The van der Waals surface area contributed by atoms with E-state index in [0.717, 1.165) is 10.5 Å². The van der Waals surface area contributed by atoms with Crippen molar-refractivity contribution in [3.05, 3.63) is 111 Å². The number of anilines is 1. The van der Waals surface area contributed by atoms with Gasteiger partial charge in [0.1, 0.15) is 12.2 Å². The molecule has 3 aromatic rings. The zero-order valence-electron chi connectivity index (χ0n) is 22.0. The number of urea groups is 1. The van der Waals surface area contributed by atoms with Crippen molar-refractivity contribution in [2.24, 2.45) is 0 Å². The van der Waals surface area contributed by atoms with Crippen LogP contribution in [-0.2, 0) is 22.6 Å². The lowest BCUT2D eigenvalue weighted by atomic mass is 10.0. The number of barbiturate groups is 1. The van der Waals surface area contributed by atoms with Crippen LogP contribution >= 0.6 is 0 Å². The summed E-state index contributed by atoms with van der Waals surface area (Å²) < 4.78 is 11.9. The number of aryl methyl sites for hydroxylation is 1. The number of nitro benzene ring substituents is 1. The molecule has 3 aromatic carbocycles. The maximum atomic E-state index is 13.3. The largest absolute Gasteiger partial charge is 0.490 e. The number of nitrogens with zero attached hydrogens (tertiary/aromatic N) is 2. The summed E-state index contributed by atoms with van der Waals surface area (Å²) in [5.41, 5.74) is 2.74. The van der Waals surface area contributed by atoms with Gasteiger partial charge < -0.3 is 9.47 Å². The van der Waals surface area contributed by atoms with E-state index >= 15 is 0 Å². The third-order valence-electron chi connectivity index (χ3n) is 6.03. The van der Waals surface area contributed by atoms with Crippen LogP contribution in [-0.4, -0.2) is 29.4 Å². The molecule has 4 rings (SSSR count). The molecule has 204 valence electrons. The summed E-state index contributed by atoms with van der Waals surface area (Å²) in [5, 5.41) is 13.4. The summed E-state index contributed by atoms with van der Waals surface area (Å²) in [6.45, 7) is 7.82. The van der Waals surface area contributed by atoms with Crippen LogP contribution in [0.2, 0.25) is 0 Å². The summed E-state index contributed by atoms with van der Waals surface area (Å²) in [6, 6.07) is 15.4. The molecule has 1 saturated heterocycles. The van der Waals surface area contributed by atoms with E-state index in [2.05, 4.69) is 11.9 Å². The van der Waals surface area contributed by atoms with E-state index < -0.39 is 22.8 Å². The van der Waals surface area contributed by atoms with Gasteiger partial charge in [-0.2, -0.15) is 0 Å². The first-order valence-electron chi connectivity index (χ1n) is 12.5. The number of nitrogens with one attached hydrogen (secondary N) is 1. The molecule has 1 N–H and O–H groups in total. The Labute approximate surface area is 230 Å². The standard InChI is InChI=1S/C30H27N3O7/c1-4-7-22-14-21(16-25-28(34)31-30(36)32(29(25)35)23-12-10-19(3)11-13-23)17-26(39-5-2)27(22)40-18-20-8-6-9-24(15-20)33(37)38/h4,6,8-17H,1,5,7,18H2,2-3H3,(H,31,34,36)/b25-16+. The summed E-state index contributed by atoms with van der Waals surface area (Å²) in [4.78, 5) is 50.1. The van der Waals surface area contributed by atoms with Gasteiger partial charge in [0.15, 0.2) is 11.5 Å². The smallest absolute Gasteiger partial charge is 0.335 e. The van der Waals surface area contributed by atoms with E-state index in [4.69, 9.17) is 9.47 Å². The second-order valence-corrected chi connectivity index (χ2v) is 8.94. The third-order valence-corrected chi connectivity index (χ3v) is 6.03. The van der Waals surface area contributed by atoms with Gasteiger partial charge in [0.05, 0.1) is 17.2 Å². The number of rotatable bonds is 10. The van der Waals surface area contributed by atoms with Gasteiger partial charge in [0, 0.05) is 17.7 Å². The third kappa shape index (κ3) is 6.07. The van der Waals surface area contributed by atoms with Crippen LogP contribution < -0.4 is 19.7 Å². The van der Waals surface area contributed by atoms with Crippen LogP contribution in [0.5, 0.6) is 11.5 Å². The topological polar surface area (TPSA) is 128 Å². The van der Waals surface area contributed by atoms with Gasteiger partial charge in [0.2, 0.25) is 0 Å². The van der Waals surface area contributed by atoms with Crippen LogP contribution in [0, 0.1) is 17.0 Å². The molecule has 1 fully saturated rings. The Balaban J connectivity index is 1.70. The van der Waals surface area contributed by atoms with Crippen LogP contribution in [0.1, 0.15) is 29.2 Å². The van der Waals surface area contributed by atoms with Crippen LogP contribution in [0.25, 0.3) is 6.08 Å². The fourth-order valence-electron chi connectivity index (χ4n) is 4.17. The first-order chi connectivity index (χ1) is 19.2. The number of allylic oxidation sites excluding steroid dienone is 1. The van der Waals surface area contributed by atoms with Gasteiger partial charge in [0.25, 0.3) is 17.5 Å². The van der Waals surface area contributed by atoms with E-state index in [1.165, 1.54) is 18.2 Å². The maximum absolute atomic E-state index is 13.3. The van der Waals surface area contributed by atoms with Gasteiger partial charge >= 0.3 is 6.03 Å². The highest BCUT2D eigenvalue weighted by atomic mass is 16.6. The molecule has 0 radical (unpaired) electrons. The van der Waals surface area contributed by atoms with Crippen molar-refractivity contribution in [3.63, 3.8) is 0 Å². The SMILES string of the molecule is C=CCc1cc(/C=C2\C(=O)NC(=O)N(c3ccc(C)cc3)C2=O)cc(OCC)c1OCc1cccc([N+](=O)[O-])c1. The number of non-ortho nitro benzene ring substituents is 1. The molecule has 0 atom stereocenters. The number of imide groups is 2. The predicted molar refractivity (Wildman–Crippen MR) is 149 cm³/mol. The summed E-state index contributed by atoms with van der Waals surface area (Å²) in [7, 11) is 0. The van der Waals surface area contributed by atoms with Crippen LogP contribution in [0.3, 0.4) is 0 Å². The molecule has 10 heteroatoms. The molecular weight excluding hydrogens is 514 g/mol. The minimum atomic E-state index is -0.830. The number of hydrogen-bond acceptors (Lipinski definition) is 7. The quantitative estimate of drug-likeness (QED) is 0.122. The van der Waals surface area contributed by atoms with Gasteiger partial charge in [-0.1, -0.05) is 35.9 Å². The highest BCUT2D eigenvalue weighted by Gasteiger charge is 2.36. The van der Waals surface area contributed by atoms with E-state index in [-0.39, 0.29) is 17.9 Å². The minimum Gasteiger partial charge on any atom is -0.490 e. The monoisotopic (exact) mass is 541 g/mol. The number of hydrogen-bond donors (Lipinski definition) is 1. The zero-order chi connectivity index (χ0) is 28.8. The second-order valence-electron chi connectivity index (χ2n) is 8.94. The Kier molecular flexibility index (Phi) is 8.39. The molecule has 0 aromatic heterocycles. The average molecular weight is 542 g/mol. The summed E-state index contributed by atoms with van der Waals surface area (Å²) in [5.74, 6) is -0.806. The fraction of sp³-hybridized carbons (Fsp3) is 0.167. The van der Waals surface area contributed by atoms with Crippen molar-refractivity contribution in [1.29, 1.82) is 0 Å².